The van der Waals surface area contributed by atoms with Gasteiger partial charge in [0.1, 0.15) is 23.9 Å². The summed E-state index contributed by atoms with van der Waals surface area (Å²) in [6, 6.07) is 17.5. The Hall–Kier alpha value is -3.72. The van der Waals surface area contributed by atoms with Crippen LogP contribution in [0.3, 0.4) is 0 Å². The number of carbonyl (C=O) groups is 1. The molecule has 0 bridgehead atoms. The summed E-state index contributed by atoms with van der Waals surface area (Å²) in [5.74, 6) is 1.23. The second kappa shape index (κ2) is 11.2. The summed E-state index contributed by atoms with van der Waals surface area (Å²) in [7, 11) is -2.49. The lowest BCUT2D eigenvalue weighted by Gasteiger charge is -2.36. The van der Waals surface area contributed by atoms with Crippen molar-refractivity contribution in [1.29, 1.82) is 0 Å². The van der Waals surface area contributed by atoms with Gasteiger partial charge in [0.25, 0.3) is 15.9 Å². The maximum Gasteiger partial charge on any atom is 0.264 e. The number of nitrogens with one attached hydrogen (secondary N) is 1. The van der Waals surface area contributed by atoms with Gasteiger partial charge in [0.05, 0.1) is 30.8 Å². The molecule has 0 fully saturated rings. The van der Waals surface area contributed by atoms with Gasteiger partial charge in [-0.15, -0.1) is 0 Å². The number of nitrogens with zero attached hydrogens (tertiary/aromatic N) is 1. The standard InChI is InChI=1S/C30H36N2O6S/c1-20-8-7-9-26(21(20)2)37-17-16-31-29(33)28-19-32(39(34,35)24-13-11-23(36-6)12-14-24)25-18-22(30(3,4)5)10-15-27(25)38-28/h7-15,18,28H,16-17,19H2,1-6H3,(H,31,33). The number of sulfonamides is 1. The molecule has 4 rings (SSSR count). The van der Waals surface area contributed by atoms with Crippen LogP contribution in [0.4, 0.5) is 5.69 Å². The fourth-order valence-electron chi connectivity index (χ4n) is 4.29. The fraction of sp³-hybridized carbons (Fsp3) is 0.367. The predicted octanol–water partition coefficient (Wildman–Crippen LogP) is 4.76. The highest BCUT2D eigenvalue weighted by molar-refractivity contribution is 7.92. The van der Waals surface area contributed by atoms with Gasteiger partial charge in [0.2, 0.25) is 0 Å². The summed E-state index contributed by atoms with van der Waals surface area (Å²) in [5, 5.41) is 2.82. The number of benzene rings is 3. The van der Waals surface area contributed by atoms with Crippen molar-refractivity contribution in [2.45, 2.75) is 51.0 Å². The molecule has 0 saturated carbocycles. The number of hydrogen-bond acceptors (Lipinski definition) is 6. The van der Waals surface area contributed by atoms with Crippen molar-refractivity contribution in [3.63, 3.8) is 0 Å². The molecule has 1 amide bonds. The molecular weight excluding hydrogens is 516 g/mol. The minimum atomic E-state index is -4.01. The van der Waals surface area contributed by atoms with Crippen LogP contribution in [0.1, 0.15) is 37.5 Å². The Morgan fingerprint density at radius 3 is 2.46 bits per heavy atom. The first-order valence-electron chi connectivity index (χ1n) is 12.9. The number of carbonyl (C=O) groups excluding carboxylic acids is 1. The zero-order valence-corrected chi connectivity index (χ0v) is 24.1. The monoisotopic (exact) mass is 552 g/mol. The summed E-state index contributed by atoms with van der Waals surface area (Å²) in [6.07, 6.45) is -1.04. The maximum atomic E-state index is 13.8. The lowest BCUT2D eigenvalue weighted by Crippen LogP contribution is -2.51. The molecule has 3 aromatic rings. The van der Waals surface area contributed by atoms with Crippen molar-refractivity contribution < 1.29 is 27.4 Å². The SMILES string of the molecule is COc1ccc(S(=O)(=O)N2CC(C(=O)NCCOc3cccc(C)c3C)Oc3ccc(C(C)(C)C)cc32)cc1. The number of fused-ring (bicyclic) bond motifs is 1. The molecule has 1 atom stereocenters. The Labute approximate surface area is 230 Å². The van der Waals surface area contributed by atoms with Gasteiger partial charge in [-0.3, -0.25) is 9.10 Å². The van der Waals surface area contributed by atoms with Gasteiger partial charge >= 0.3 is 0 Å². The van der Waals surface area contributed by atoms with Crippen molar-refractivity contribution in [3.8, 4) is 17.2 Å². The van der Waals surface area contributed by atoms with Crippen molar-refractivity contribution in [3.05, 3.63) is 77.4 Å². The van der Waals surface area contributed by atoms with E-state index >= 15 is 0 Å². The Kier molecular flexibility index (Phi) is 8.11. The molecule has 8 nitrogen and oxygen atoms in total. The minimum Gasteiger partial charge on any atom is -0.497 e. The minimum absolute atomic E-state index is 0.0957. The third-order valence-electron chi connectivity index (χ3n) is 6.85. The van der Waals surface area contributed by atoms with E-state index in [0.717, 1.165) is 22.4 Å². The predicted molar refractivity (Wildman–Crippen MR) is 152 cm³/mol. The van der Waals surface area contributed by atoms with Gasteiger partial charge < -0.3 is 19.5 Å². The largest absolute Gasteiger partial charge is 0.497 e. The van der Waals surface area contributed by atoms with Crippen LogP contribution in [-0.4, -0.2) is 47.2 Å². The molecule has 3 aromatic carbocycles. The topological polar surface area (TPSA) is 94.2 Å². The molecule has 1 heterocycles. The molecule has 1 N–H and O–H groups in total. The summed E-state index contributed by atoms with van der Waals surface area (Å²) in [5.41, 5.74) is 3.31. The highest BCUT2D eigenvalue weighted by Gasteiger charge is 2.38. The molecule has 0 aliphatic carbocycles. The van der Waals surface area contributed by atoms with Crippen LogP contribution < -0.4 is 23.8 Å². The van der Waals surface area contributed by atoms with E-state index < -0.39 is 22.0 Å². The number of aryl methyl sites for hydroxylation is 1. The van der Waals surface area contributed by atoms with Crippen molar-refractivity contribution >= 4 is 21.6 Å². The first-order chi connectivity index (χ1) is 18.4. The quantitative estimate of drug-likeness (QED) is 0.405. The van der Waals surface area contributed by atoms with E-state index in [1.165, 1.54) is 23.5 Å². The number of methoxy groups -OCH3 is 1. The van der Waals surface area contributed by atoms with Gasteiger partial charge in [-0.1, -0.05) is 39.0 Å². The Balaban J connectivity index is 1.56. The summed E-state index contributed by atoms with van der Waals surface area (Å²) >= 11 is 0. The normalized spacial score (nSPS) is 15.2. The summed E-state index contributed by atoms with van der Waals surface area (Å²) in [4.78, 5) is 13.2. The van der Waals surface area contributed by atoms with Crippen LogP contribution in [0.5, 0.6) is 17.2 Å². The smallest absolute Gasteiger partial charge is 0.264 e. The zero-order chi connectivity index (χ0) is 28.4. The van der Waals surface area contributed by atoms with Gasteiger partial charge in [-0.05, 0) is 78.4 Å². The third-order valence-corrected chi connectivity index (χ3v) is 8.64. The van der Waals surface area contributed by atoms with Crippen molar-refractivity contribution in [1.82, 2.24) is 5.32 Å². The zero-order valence-electron chi connectivity index (χ0n) is 23.3. The van der Waals surface area contributed by atoms with Crippen LogP contribution in [0.15, 0.2) is 65.6 Å². The number of anilines is 1. The second-order valence-corrected chi connectivity index (χ2v) is 12.5. The van der Waals surface area contributed by atoms with E-state index in [4.69, 9.17) is 14.2 Å². The highest BCUT2D eigenvalue weighted by atomic mass is 32.2. The van der Waals surface area contributed by atoms with Crippen LogP contribution in [0, 0.1) is 13.8 Å². The number of hydrogen-bond donors (Lipinski definition) is 1. The van der Waals surface area contributed by atoms with E-state index in [1.54, 1.807) is 18.2 Å². The molecular formula is C30H36N2O6S. The average Bonchev–Trinajstić information content (AvgIpc) is 2.91. The molecule has 0 radical (unpaired) electrons. The third kappa shape index (κ3) is 6.14. The molecule has 1 unspecified atom stereocenters. The van der Waals surface area contributed by atoms with E-state index in [9.17, 15) is 13.2 Å². The van der Waals surface area contributed by atoms with Crippen molar-refractivity contribution in [2.75, 3.05) is 31.1 Å². The summed E-state index contributed by atoms with van der Waals surface area (Å²) < 4.78 is 46.0. The molecule has 1 aliphatic heterocycles. The van der Waals surface area contributed by atoms with Gasteiger partial charge in [-0.25, -0.2) is 8.42 Å². The van der Waals surface area contributed by atoms with Crippen LogP contribution in [0.2, 0.25) is 0 Å². The molecule has 208 valence electrons. The van der Waals surface area contributed by atoms with Crippen LogP contribution in [-0.2, 0) is 20.2 Å². The Morgan fingerprint density at radius 1 is 1.08 bits per heavy atom. The molecule has 39 heavy (non-hydrogen) atoms. The molecule has 0 spiro atoms. The van der Waals surface area contributed by atoms with Crippen LogP contribution >= 0.6 is 0 Å². The highest BCUT2D eigenvalue weighted by Crippen LogP contribution is 2.40. The lowest BCUT2D eigenvalue weighted by atomic mass is 9.86. The average molecular weight is 553 g/mol. The van der Waals surface area contributed by atoms with Crippen molar-refractivity contribution in [2.24, 2.45) is 0 Å². The first-order valence-corrected chi connectivity index (χ1v) is 14.3. The molecule has 1 aliphatic rings. The Bertz CT molecular complexity index is 1450. The second-order valence-electron chi connectivity index (χ2n) is 10.6. The number of rotatable bonds is 8. The van der Waals surface area contributed by atoms with E-state index in [0.29, 0.717) is 17.2 Å². The van der Waals surface area contributed by atoms with E-state index in [1.807, 2.05) is 44.2 Å². The number of ether oxygens (including phenoxy) is 3. The molecule has 0 saturated heterocycles. The van der Waals surface area contributed by atoms with Gasteiger partial charge in [-0.2, -0.15) is 0 Å². The first kappa shape index (κ1) is 28.3. The summed E-state index contributed by atoms with van der Waals surface area (Å²) in [6.45, 7) is 10.5. The Morgan fingerprint density at radius 2 is 1.79 bits per heavy atom. The van der Waals surface area contributed by atoms with Gasteiger partial charge in [0, 0.05) is 0 Å². The van der Waals surface area contributed by atoms with Crippen LogP contribution in [0.25, 0.3) is 0 Å². The molecule has 9 heteroatoms. The molecule has 0 aromatic heterocycles. The number of amides is 1. The van der Waals surface area contributed by atoms with E-state index in [-0.39, 0.29) is 30.0 Å². The fourth-order valence-corrected chi connectivity index (χ4v) is 5.75. The van der Waals surface area contributed by atoms with E-state index in [2.05, 4.69) is 26.1 Å². The lowest BCUT2D eigenvalue weighted by molar-refractivity contribution is -0.127. The van der Waals surface area contributed by atoms with Gasteiger partial charge in [0.15, 0.2) is 6.10 Å². The maximum absolute atomic E-state index is 13.8.